The van der Waals surface area contributed by atoms with Crippen LogP contribution in [0.25, 0.3) is 0 Å². The number of hydrogen-bond donors (Lipinski definition) is 2. The molecular weight excluding hydrogens is 442 g/mol. The normalized spacial score (nSPS) is 11.3. The maximum atomic E-state index is 13.4. The number of aromatic carboxylic acids is 1. The Balaban J connectivity index is 1.83. The molecule has 170 valence electrons. The van der Waals surface area contributed by atoms with E-state index in [2.05, 4.69) is 10.5 Å². The Labute approximate surface area is 192 Å². The van der Waals surface area contributed by atoms with Crippen LogP contribution in [0.15, 0.2) is 82.8 Å². The first-order chi connectivity index (χ1) is 15.7. The highest BCUT2D eigenvalue weighted by molar-refractivity contribution is 7.92. The van der Waals surface area contributed by atoms with Crippen LogP contribution in [0.1, 0.15) is 27.0 Å². The van der Waals surface area contributed by atoms with Gasteiger partial charge in [-0.2, -0.15) is 5.10 Å². The van der Waals surface area contributed by atoms with Crippen molar-refractivity contribution in [2.75, 3.05) is 10.8 Å². The van der Waals surface area contributed by atoms with Crippen molar-refractivity contribution in [2.45, 2.75) is 18.7 Å². The van der Waals surface area contributed by atoms with Gasteiger partial charge in [0.15, 0.2) is 0 Å². The maximum absolute atomic E-state index is 13.4. The third kappa shape index (κ3) is 5.83. The van der Waals surface area contributed by atoms with Crippen LogP contribution in [0.5, 0.6) is 0 Å². The van der Waals surface area contributed by atoms with Crippen molar-refractivity contribution in [2.24, 2.45) is 5.10 Å². The standard InChI is InChI=1S/C24H23N3O5S/c1-17-8-9-18(2)22(14-17)27(33(31,32)21-6-4-3-5-7-21)16-23(28)26-25-15-19-10-12-20(13-11-19)24(29)30/h3-15H,16H2,1-2H3,(H,26,28)(H,29,30)/b25-15-. The van der Waals surface area contributed by atoms with Gasteiger partial charge in [-0.25, -0.2) is 18.6 Å². The molecule has 0 aromatic heterocycles. The Morgan fingerprint density at radius 2 is 1.67 bits per heavy atom. The summed E-state index contributed by atoms with van der Waals surface area (Å²) in [5.41, 5.74) is 5.00. The van der Waals surface area contributed by atoms with Crippen LogP contribution in [0.3, 0.4) is 0 Å². The molecule has 0 aliphatic carbocycles. The van der Waals surface area contributed by atoms with Crippen molar-refractivity contribution in [3.63, 3.8) is 0 Å². The third-order valence-corrected chi connectivity index (χ3v) is 6.59. The minimum atomic E-state index is -4.01. The van der Waals surface area contributed by atoms with E-state index >= 15 is 0 Å². The van der Waals surface area contributed by atoms with Gasteiger partial charge >= 0.3 is 5.97 Å². The van der Waals surface area contributed by atoms with Crippen molar-refractivity contribution >= 4 is 33.8 Å². The summed E-state index contributed by atoms with van der Waals surface area (Å²) in [6, 6.07) is 19.2. The highest BCUT2D eigenvalue weighted by Crippen LogP contribution is 2.27. The van der Waals surface area contributed by atoms with E-state index in [1.807, 2.05) is 13.0 Å². The number of sulfonamides is 1. The summed E-state index contributed by atoms with van der Waals surface area (Å²) in [4.78, 5) is 23.6. The predicted octanol–water partition coefficient (Wildman–Crippen LogP) is 3.35. The first-order valence-corrected chi connectivity index (χ1v) is 11.4. The number of nitrogens with one attached hydrogen (secondary N) is 1. The van der Waals surface area contributed by atoms with Gasteiger partial charge in [0.05, 0.1) is 22.4 Å². The zero-order chi connectivity index (χ0) is 24.0. The van der Waals surface area contributed by atoms with Crippen LogP contribution in [-0.2, 0) is 14.8 Å². The van der Waals surface area contributed by atoms with E-state index in [9.17, 15) is 18.0 Å². The number of rotatable bonds is 8. The maximum Gasteiger partial charge on any atom is 0.335 e. The number of carbonyl (C=O) groups is 2. The van der Waals surface area contributed by atoms with Crippen molar-refractivity contribution in [1.82, 2.24) is 5.43 Å². The first-order valence-electron chi connectivity index (χ1n) is 9.99. The Morgan fingerprint density at radius 3 is 2.30 bits per heavy atom. The number of amides is 1. The van der Waals surface area contributed by atoms with Gasteiger partial charge in [0.25, 0.3) is 15.9 Å². The number of carbonyl (C=O) groups excluding carboxylic acids is 1. The fraction of sp³-hybridized carbons (Fsp3) is 0.125. The van der Waals surface area contributed by atoms with Gasteiger partial charge in [-0.1, -0.05) is 42.5 Å². The van der Waals surface area contributed by atoms with E-state index in [1.54, 1.807) is 49.4 Å². The van der Waals surface area contributed by atoms with E-state index in [1.165, 1.54) is 30.5 Å². The van der Waals surface area contributed by atoms with Crippen LogP contribution in [-0.4, -0.2) is 38.2 Å². The second-order valence-electron chi connectivity index (χ2n) is 7.34. The summed E-state index contributed by atoms with van der Waals surface area (Å²) in [6.45, 7) is 3.15. The number of anilines is 1. The molecule has 0 spiro atoms. The molecule has 0 heterocycles. The number of hydrogen-bond acceptors (Lipinski definition) is 5. The van der Waals surface area contributed by atoms with Gasteiger partial charge in [-0.3, -0.25) is 9.10 Å². The first kappa shape index (κ1) is 23.7. The monoisotopic (exact) mass is 465 g/mol. The summed E-state index contributed by atoms with van der Waals surface area (Å²) in [7, 11) is -4.01. The minimum absolute atomic E-state index is 0.0701. The van der Waals surface area contributed by atoms with E-state index in [0.717, 1.165) is 9.87 Å². The molecule has 0 radical (unpaired) electrons. The van der Waals surface area contributed by atoms with Gasteiger partial charge in [-0.15, -0.1) is 0 Å². The number of aryl methyl sites for hydroxylation is 2. The van der Waals surface area contributed by atoms with Gasteiger partial charge in [0, 0.05) is 0 Å². The van der Waals surface area contributed by atoms with E-state index in [4.69, 9.17) is 5.11 Å². The SMILES string of the molecule is Cc1ccc(C)c(N(CC(=O)N/N=C\c2ccc(C(=O)O)cc2)S(=O)(=O)c2ccccc2)c1. The lowest BCUT2D eigenvalue weighted by molar-refractivity contribution is -0.119. The van der Waals surface area contributed by atoms with Crippen molar-refractivity contribution in [1.29, 1.82) is 0 Å². The molecule has 0 saturated heterocycles. The van der Waals surface area contributed by atoms with Crippen molar-refractivity contribution in [3.05, 3.63) is 95.1 Å². The molecule has 0 aliphatic rings. The molecule has 8 nitrogen and oxygen atoms in total. The lowest BCUT2D eigenvalue weighted by Crippen LogP contribution is -2.40. The van der Waals surface area contributed by atoms with E-state index in [-0.39, 0.29) is 10.5 Å². The molecule has 3 aromatic carbocycles. The number of nitrogens with zero attached hydrogens (tertiary/aromatic N) is 2. The van der Waals surface area contributed by atoms with Gasteiger partial charge in [0.1, 0.15) is 6.54 Å². The fourth-order valence-electron chi connectivity index (χ4n) is 3.06. The predicted molar refractivity (Wildman–Crippen MR) is 126 cm³/mol. The molecule has 2 N–H and O–H groups in total. The number of carboxylic acids is 1. The lowest BCUT2D eigenvalue weighted by Gasteiger charge is -2.25. The van der Waals surface area contributed by atoms with Gasteiger partial charge in [-0.05, 0) is 60.9 Å². The van der Waals surface area contributed by atoms with Crippen molar-refractivity contribution < 1.29 is 23.1 Å². The highest BCUT2D eigenvalue weighted by atomic mass is 32.2. The van der Waals surface area contributed by atoms with E-state index < -0.39 is 28.4 Å². The molecule has 0 unspecified atom stereocenters. The number of carboxylic acid groups (broad SMARTS) is 1. The molecule has 3 rings (SSSR count). The molecule has 3 aromatic rings. The van der Waals surface area contributed by atoms with Crippen LogP contribution in [0.2, 0.25) is 0 Å². The summed E-state index contributed by atoms with van der Waals surface area (Å²) in [5.74, 6) is -1.67. The lowest BCUT2D eigenvalue weighted by atomic mass is 10.1. The molecular formula is C24H23N3O5S. The van der Waals surface area contributed by atoms with Crippen LogP contribution in [0.4, 0.5) is 5.69 Å². The number of benzene rings is 3. The average Bonchev–Trinajstić information content (AvgIpc) is 2.80. The fourth-order valence-corrected chi connectivity index (χ4v) is 4.56. The third-order valence-electron chi connectivity index (χ3n) is 4.81. The molecule has 33 heavy (non-hydrogen) atoms. The second kappa shape index (κ2) is 10.1. The second-order valence-corrected chi connectivity index (χ2v) is 9.20. The number of hydrazone groups is 1. The summed E-state index contributed by atoms with van der Waals surface area (Å²) >= 11 is 0. The quantitative estimate of drug-likeness (QED) is 0.391. The Bertz CT molecular complexity index is 1290. The minimum Gasteiger partial charge on any atom is -0.478 e. The average molecular weight is 466 g/mol. The van der Waals surface area contributed by atoms with Crippen LogP contribution >= 0.6 is 0 Å². The smallest absolute Gasteiger partial charge is 0.335 e. The molecule has 0 atom stereocenters. The molecule has 1 amide bonds. The Hall–Kier alpha value is -3.98. The summed E-state index contributed by atoms with van der Waals surface area (Å²) < 4.78 is 27.8. The van der Waals surface area contributed by atoms with Crippen LogP contribution in [0, 0.1) is 13.8 Å². The largest absolute Gasteiger partial charge is 0.478 e. The Morgan fingerprint density at radius 1 is 1.00 bits per heavy atom. The molecule has 0 bridgehead atoms. The van der Waals surface area contributed by atoms with Gasteiger partial charge < -0.3 is 5.11 Å². The zero-order valence-electron chi connectivity index (χ0n) is 18.1. The molecule has 0 saturated carbocycles. The highest BCUT2D eigenvalue weighted by Gasteiger charge is 2.28. The van der Waals surface area contributed by atoms with Crippen molar-refractivity contribution in [3.8, 4) is 0 Å². The molecule has 0 aliphatic heterocycles. The summed E-state index contributed by atoms with van der Waals surface area (Å²) in [6.07, 6.45) is 1.34. The van der Waals surface area contributed by atoms with E-state index in [0.29, 0.717) is 16.8 Å². The zero-order valence-corrected chi connectivity index (χ0v) is 18.9. The van der Waals surface area contributed by atoms with Crippen LogP contribution < -0.4 is 9.73 Å². The molecule has 9 heteroatoms. The topological polar surface area (TPSA) is 116 Å². The Kier molecular flexibility index (Phi) is 7.24. The molecule has 0 fully saturated rings. The summed E-state index contributed by atoms with van der Waals surface area (Å²) in [5, 5.41) is 12.8. The van der Waals surface area contributed by atoms with Gasteiger partial charge in [0.2, 0.25) is 0 Å².